The van der Waals surface area contributed by atoms with Crippen LogP contribution in [0.3, 0.4) is 0 Å². The molecule has 0 saturated carbocycles. The van der Waals surface area contributed by atoms with Gasteiger partial charge in [-0.25, -0.2) is 4.57 Å². The molecule has 1 unspecified atom stereocenters. The summed E-state index contributed by atoms with van der Waals surface area (Å²) in [5.74, 6) is -0.902. The van der Waals surface area contributed by atoms with Gasteiger partial charge in [0.25, 0.3) is 0 Å². The van der Waals surface area contributed by atoms with Crippen molar-refractivity contribution >= 4 is 19.8 Å². The standard InChI is InChI=1S/C45H78NO8P/c1-6-8-10-12-14-16-18-20-21-22-23-24-25-26-28-30-32-34-36-38-45(48)54-43(42-53-55(49,50)52-40-39-46(3,4)5)41-51-44(47)37-35-33-31-29-27-19-17-15-13-11-9-7-2/h8,10,14,16,20-21,23-24,26,28,32,34,43H,6-7,9,11-13,15,17-19,22,25,27,29-31,33,35-42H2,1-5H3/p+1/b10-8-,16-14-,21-20-,24-23-,28-26-,34-32-/t43-/m1/s1. The van der Waals surface area contributed by atoms with Gasteiger partial charge < -0.3 is 18.9 Å². The molecule has 9 nitrogen and oxygen atoms in total. The Morgan fingerprint density at radius 3 is 1.51 bits per heavy atom. The third-order valence-electron chi connectivity index (χ3n) is 8.51. The van der Waals surface area contributed by atoms with Gasteiger partial charge >= 0.3 is 19.8 Å². The predicted octanol–water partition coefficient (Wildman–Crippen LogP) is 11.9. The Labute approximate surface area is 336 Å². The maximum absolute atomic E-state index is 12.6. The lowest BCUT2D eigenvalue weighted by atomic mass is 10.0. The highest BCUT2D eigenvalue weighted by atomic mass is 31.2. The lowest BCUT2D eigenvalue weighted by molar-refractivity contribution is -0.870. The molecule has 55 heavy (non-hydrogen) atoms. The number of allylic oxidation sites excluding steroid dienone is 12. The number of rotatable bonds is 37. The molecule has 0 bridgehead atoms. The molecule has 0 aliphatic heterocycles. The second kappa shape index (κ2) is 37.1. The lowest BCUT2D eigenvalue weighted by Crippen LogP contribution is -2.37. The van der Waals surface area contributed by atoms with E-state index >= 15 is 0 Å². The summed E-state index contributed by atoms with van der Waals surface area (Å²) in [7, 11) is 1.42. The van der Waals surface area contributed by atoms with Gasteiger partial charge in [0, 0.05) is 12.8 Å². The van der Waals surface area contributed by atoms with Crippen molar-refractivity contribution in [3.8, 4) is 0 Å². The largest absolute Gasteiger partial charge is 0.472 e. The van der Waals surface area contributed by atoms with Crippen molar-refractivity contribution in [3.05, 3.63) is 72.9 Å². The van der Waals surface area contributed by atoms with Crippen molar-refractivity contribution in [2.75, 3.05) is 47.5 Å². The number of hydrogen-bond acceptors (Lipinski definition) is 7. The number of nitrogens with zero attached hydrogens (tertiary/aromatic N) is 1. The molecule has 10 heteroatoms. The Bertz CT molecular complexity index is 1170. The number of phosphoric acid groups is 1. The van der Waals surface area contributed by atoms with E-state index in [0.29, 0.717) is 17.4 Å². The smallest absolute Gasteiger partial charge is 0.462 e. The van der Waals surface area contributed by atoms with Crippen LogP contribution in [0.2, 0.25) is 0 Å². The minimum absolute atomic E-state index is 0.0156. The van der Waals surface area contributed by atoms with Crippen LogP contribution in [-0.4, -0.2) is 74.9 Å². The van der Waals surface area contributed by atoms with Crippen molar-refractivity contribution in [3.63, 3.8) is 0 Å². The zero-order valence-electron chi connectivity index (χ0n) is 35.4. The van der Waals surface area contributed by atoms with Crippen LogP contribution in [0, 0.1) is 0 Å². The Hall–Kier alpha value is -2.55. The minimum atomic E-state index is -4.39. The Morgan fingerprint density at radius 1 is 0.582 bits per heavy atom. The molecule has 0 saturated heterocycles. The lowest BCUT2D eigenvalue weighted by Gasteiger charge is -2.24. The van der Waals surface area contributed by atoms with Crippen LogP contribution in [0.25, 0.3) is 0 Å². The number of esters is 2. The van der Waals surface area contributed by atoms with Crippen LogP contribution < -0.4 is 0 Å². The first-order valence-corrected chi connectivity index (χ1v) is 22.7. The summed E-state index contributed by atoms with van der Waals surface area (Å²) >= 11 is 0. The molecular formula is C45H79NO8P+. The van der Waals surface area contributed by atoms with Gasteiger partial charge in [-0.05, 0) is 51.4 Å². The molecule has 0 aliphatic rings. The average molecular weight is 793 g/mol. The van der Waals surface area contributed by atoms with E-state index in [9.17, 15) is 19.0 Å². The molecule has 0 amide bonds. The quantitative estimate of drug-likeness (QED) is 0.0218. The van der Waals surface area contributed by atoms with E-state index in [1.165, 1.54) is 57.8 Å². The molecule has 0 spiro atoms. The molecule has 0 aliphatic carbocycles. The third kappa shape index (κ3) is 40.9. The fourth-order valence-electron chi connectivity index (χ4n) is 5.21. The second-order valence-corrected chi connectivity index (χ2v) is 16.5. The number of ether oxygens (including phenoxy) is 2. The fraction of sp³-hybridized carbons (Fsp3) is 0.689. The van der Waals surface area contributed by atoms with Crippen LogP contribution in [0.15, 0.2) is 72.9 Å². The molecule has 0 fully saturated rings. The van der Waals surface area contributed by atoms with Crippen LogP contribution in [0.5, 0.6) is 0 Å². The molecule has 0 aromatic carbocycles. The average Bonchev–Trinajstić information content (AvgIpc) is 3.13. The highest BCUT2D eigenvalue weighted by Crippen LogP contribution is 2.43. The van der Waals surface area contributed by atoms with Gasteiger partial charge in [-0.1, -0.05) is 157 Å². The molecule has 0 rings (SSSR count). The first-order valence-electron chi connectivity index (χ1n) is 21.2. The van der Waals surface area contributed by atoms with Crippen molar-refractivity contribution in [1.29, 1.82) is 0 Å². The molecule has 316 valence electrons. The van der Waals surface area contributed by atoms with Crippen LogP contribution >= 0.6 is 7.82 Å². The monoisotopic (exact) mass is 793 g/mol. The molecular weight excluding hydrogens is 713 g/mol. The van der Waals surface area contributed by atoms with Crippen molar-refractivity contribution in [1.82, 2.24) is 0 Å². The van der Waals surface area contributed by atoms with Gasteiger partial charge in [-0.2, -0.15) is 0 Å². The normalized spacial score (nSPS) is 14.4. The summed E-state index contributed by atoms with van der Waals surface area (Å²) in [4.78, 5) is 35.2. The topological polar surface area (TPSA) is 108 Å². The Balaban J connectivity index is 4.53. The van der Waals surface area contributed by atoms with Gasteiger partial charge in [0.2, 0.25) is 0 Å². The zero-order valence-corrected chi connectivity index (χ0v) is 36.3. The Morgan fingerprint density at radius 2 is 1.04 bits per heavy atom. The summed E-state index contributed by atoms with van der Waals surface area (Å²) in [6.07, 6.45) is 45.4. The van der Waals surface area contributed by atoms with Gasteiger partial charge in [0.15, 0.2) is 6.10 Å². The maximum atomic E-state index is 12.6. The summed E-state index contributed by atoms with van der Waals surface area (Å²) in [5.41, 5.74) is 0. The van der Waals surface area contributed by atoms with E-state index in [-0.39, 0.29) is 26.1 Å². The van der Waals surface area contributed by atoms with Crippen molar-refractivity contribution in [2.45, 2.75) is 155 Å². The first kappa shape index (κ1) is 52.5. The number of quaternary nitrogens is 1. The maximum Gasteiger partial charge on any atom is 0.472 e. The zero-order chi connectivity index (χ0) is 40.7. The van der Waals surface area contributed by atoms with Crippen LogP contribution in [0.4, 0.5) is 0 Å². The minimum Gasteiger partial charge on any atom is -0.462 e. The van der Waals surface area contributed by atoms with Crippen molar-refractivity contribution in [2.24, 2.45) is 0 Å². The van der Waals surface area contributed by atoms with E-state index in [2.05, 4.69) is 74.6 Å². The third-order valence-corrected chi connectivity index (χ3v) is 9.50. The predicted molar refractivity (Wildman–Crippen MR) is 229 cm³/mol. The number of phosphoric ester groups is 1. The van der Waals surface area contributed by atoms with Crippen LogP contribution in [-0.2, 0) is 32.7 Å². The number of carbonyl (C=O) groups is 2. The molecule has 0 aromatic heterocycles. The van der Waals surface area contributed by atoms with E-state index in [1.807, 2.05) is 33.3 Å². The molecule has 1 N–H and O–H groups in total. The summed E-state index contributed by atoms with van der Waals surface area (Å²) in [6, 6.07) is 0. The molecule has 0 aromatic rings. The number of unbranched alkanes of at least 4 members (excludes halogenated alkanes) is 11. The number of carbonyl (C=O) groups excluding carboxylic acids is 2. The molecule has 2 atom stereocenters. The van der Waals surface area contributed by atoms with E-state index in [1.54, 1.807) is 0 Å². The van der Waals surface area contributed by atoms with E-state index in [4.69, 9.17) is 18.5 Å². The van der Waals surface area contributed by atoms with Gasteiger partial charge in [-0.3, -0.25) is 18.6 Å². The fourth-order valence-corrected chi connectivity index (χ4v) is 5.96. The first-order chi connectivity index (χ1) is 26.5. The van der Waals surface area contributed by atoms with Gasteiger partial charge in [0.1, 0.15) is 19.8 Å². The molecule has 0 heterocycles. The second-order valence-electron chi connectivity index (χ2n) is 15.0. The SMILES string of the molecule is CC/C=C\C/C=C\C/C=C\C/C=C\C/C=C\C/C=C\CCC(=O)O[C@H](COC(=O)CCCCCCCCCCCCCC)COP(=O)(O)OCC[N+](C)(C)C. The number of likely N-dealkylation sites (N-methyl/N-ethyl adjacent to an activating group) is 1. The highest BCUT2D eigenvalue weighted by molar-refractivity contribution is 7.47. The van der Waals surface area contributed by atoms with Gasteiger partial charge in [-0.15, -0.1) is 0 Å². The molecule has 0 radical (unpaired) electrons. The van der Waals surface area contributed by atoms with Crippen LogP contribution in [0.1, 0.15) is 149 Å². The number of hydrogen-bond donors (Lipinski definition) is 1. The summed E-state index contributed by atoms with van der Waals surface area (Å²) in [6.45, 7) is 4.20. The van der Waals surface area contributed by atoms with E-state index in [0.717, 1.165) is 57.8 Å². The van der Waals surface area contributed by atoms with Crippen molar-refractivity contribution < 1.29 is 42.1 Å². The summed E-state index contributed by atoms with van der Waals surface area (Å²) < 4.78 is 34.1. The summed E-state index contributed by atoms with van der Waals surface area (Å²) in [5, 5.41) is 0. The van der Waals surface area contributed by atoms with E-state index < -0.39 is 32.5 Å². The van der Waals surface area contributed by atoms with Gasteiger partial charge in [0.05, 0.1) is 27.7 Å². The highest BCUT2D eigenvalue weighted by Gasteiger charge is 2.27. The Kier molecular flexibility index (Phi) is 35.3.